The number of piperidine rings is 1. The lowest BCUT2D eigenvalue weighted by Gasteiger charge is -2.29. The predicted molar refractivity (Wildman–Crippen MR) is 67.9 cm³/mol. The molecular formula is C12H15BrN2O2. The van der Waals surface area contributed by atoms with Crippen molar-refractivity contribution in [3.63, 3.8) is 0 Å². The van der Waals surface area contributed by atoms with E-state index in [0.29, 0.717) is 5.56 Å². The molecule has 92 valence electrons. The number of likely N-dealkylation sites (tertiary alicyclic amines) is 1. The molecule has 5 heteroatoms. The van der Waals surface area contributed by atoms with Crippen LogP contribution in [0.3, 0.4) is 0 Å². The number of carbonyl (C=O) groups excluding carboxylic acids is 1. The van der Waals surface area contributed by atoms with Gasteiger partial charge in [-0.15, -0.1) is 0 Å². The molecule has 2 heterocycles. The Morgan fingerprint density at radius 1 is 1.59 bits per heavy atom. The lowest BCUT2D eigenvalue weighted by atomic mass is 10.1. The number of hydrogen-bond donors (Lipinski definition) is 0. The summed E-state index contributed by atoms with van der Waals surface area (Å²) >= 11 is 3.29. The smallest absolute Gasteiger partial charge is 0.340 e. The van der Waals surface area contributed by atoms with Gasteiger partial charge in [-0.1, -0.05) is 0 Å². The summed E-state index contributed by atoms with van der Waals surface area (Å²) in [6, 6.07) is 1.72. The van der Waals surface area contributed by atoms with Crippen LogP contribution in [0.4, 0.5) is 0 Å². The van der Waals surface area contributed by atoms with Crippen molar-refractivity contribution in [2.75, 3.05) is 20.1 Å². The second-order valence-electron chi connectivity index (χ2n) is 4.32. The highest BCUT2D eigenvalue weighted by molar-refractivity contribution is 9.10. The van der Waals surface area contributed by atoms with Crippen LogP contribution in [0.1, 0.15) is 23.2 Å². The molecule has 1 saturated heterocycles. The van der Waals surface area contributed by atoms with Crippen molar-refractivity contribution in [2.45, 2.75) is 18.9 Å². The predicted octanol–water partition coefficient (Wildman–Crippen LogP) is 2.10. The number of likely N-dealkylation sites (N-methyl/N-ethyl adjacent to an activating group) is 1. The van der Waals surface area contributed by atoms with Crippen LogP contribution in [-0.4, -0.2) is 42.1 Å². The SMILES string of the molecule is CN1CCC[C@@H](OC(=O)c2cncc(Br)c2)C1. The highest BCUT2D eigenvalue weighted by Crippen LogP contribution is 2.15. The minimum absolute atomic E-state index is 0.000214. The van der Waals surface area contributed by atoms with E-state index in [1.54, 1.807) is 12.3 Å². The van der Waals surface area contributed by atoms with Gasteiger partial charge < -0.3 is 9.64 Å². The zero-order chi connectivity index (χ0) is 12.3. The van der Waals surface area contributed by atoms with Crippen LogP contribution in [0, 0.1) is 0 Å². The Kier molecular flexibility index (Phi) is 4.12. The first-order valence-electron chi connectivity index (χ1n) is 5.65. The summed E-state index contributed by atoms with van der Waals surface area (Å²) in [6.07, 6.45) is 5.19. The van der Waals surface area contributed by atoms with Crippen LogP contribution in [0.5, 0.6) is 0 Å². The number of carbonyl (C=O) groups is 1. The molecule has 0 aliphatic carbocycles. The maximum atomic E-state index is 11.9. The van der Waals surface area contributed by atoms with Crippen LogP contribution >= 0.6 is 15.9 Å². The first-order chi connectivity index (χ1) is 8.15. The van der Waals surface area contributed by atoms with Crippen molar-refractivity contribution < 1.29 is 9.53 Å². The van der Waals surface area contributed by atoms with E-state index >= 15 is 0 Å². The summed E-state index contributed by atoms with van der Waals surface area (Å²) < 4.78 is 6.25. The van der Waals surface area contributed by atoms with E-state index in [-0.39, 0.29) is 12.1 Å². The number of rotatable bonds is 2. The average molecular weight is 299 g/mol. The van der Waals surface area contributed by atoms with Gasteiger partial charge in [-0.25, -0.2) is 4.79 Å². The molecule has 1 aromatic rings. The number of aromatic nitrogens is 1. The third kappa shape index (κ3) is 3.51. The Bertz CT molecular complexity index is 411. The van der Waals surface area contributed by atoms with E-state index < -0.39 is 0 Å². The Morgan fingerprint density at radius 3 is 3.12 bits per heavy atom. The van der Waals surface area contributed by atoms with Crippen LogP contribution in [-0.2, 0) is 4.74 Å². The van der Waals surface area contributed by atoms with Gasteiger partial charge >= 0.3 is 5.97 Å². The van der Waals surface area contributed by atoms with Crippen LogP contribution < -0.4 is 0 Å². The van der Waals surface area contributed by atoms with Gasteiger partial charge in [0.25, 0.3) is 0 Å². The molecule has 0 saturated carbocycles. The number of pyridine rings is 1. The molecule has 1 fully saturated rings. The number of halogens is 1. The summed E-state index contributed by atoms with van der Waals surface area (Å²) in [7, 11) is 2.04. The molecule has 17 heavy (non-hydrogen) atoms. The van der Waals surface area contributed by atoms with Crippen molar-refractivity contribution in [1.29, 1.82) is 0 Å². The third-order valence-corrected chi connectivity index (χ3v) is 3.23. The zero-order valence-electron chi connectivity index (χ0n) is 9.73. The Labute approximate surface area is 109 Å². The molecule has 1 aromatic heterocycles. The van der Waals surface area contributed by atoms with Gasteiger partial charge in [0, 0.05) is 23.4 Å². The fourth-order valence-electron chi connectivity index (χ4n) is 1.96. The Morgan fingerprint density at radius 2 is 2.41 bits per heavy atom. The second kappa shape index (κ2) is 5.60. The summed E-state index contributed by atoms with van der Waals surface area (Å²) in [6.45, 7) is 1.89. The lowest BCUT2D eigenvalue weighted by molar-refractivity contribution is 0.0108. The van der Waals surface area contributed by atoms with Crippen LogP contribution in [0.25, 0.3) is 0 Å². The molecule has 1 aliphatic heterocycles. The van der Waals surface area contributed by atoms with Crippen molar-refractivity contribution >= 4 is 21.9 Å². The summed E-state index contributed by atoms with van der Waals surface area (Å²) in [5.74, 6) is -0.292. The van der Waals surface area contributed by atoms with E-state index in [0.717, 1.165) is 30.4 Å². The fraction of sp³-hybridized carbons (Fsp3) is 0.500. The monoisotopic (exact) mass is 298 g/mol. The number of nitrogens with zero attached hydrogens (tertiary/aromatic N) is 2. The van der Waals surface area contributed by atoms with Gasteiger partial charge in [0.2, 0.25) is 0 Å². The van der Waals surface area contributed by atoms with Crippen molar-refractivity contribution in [3.05, 3.63) is 28.5 Å². The molecule has 2 rings (SSSR count). The number of ether oxygens (including phenoxy) is 1. The summed E-state index contributed by atoms with van der Waals surface area (Å²) in [4.78, 5) is 18.0. The van der Waals surface area contributed by atoms with Crippen molar-refractivity contribution in [1.82, 2.24) is 9.88 Å². The highest BCUT2D eigenvalue weighted by atomic mass is 79.9. The molecular weight excluding hydrogens is 284 g/mol. The van der Waals surface area contributed by atoms with E-state index in [1.165, 1.54) is 6.20 Å². The van der Waals surface area contributed by atoms with Gasteiger partial charge in [-0.05, 0) is 48.4 Å². The number of esters is 1. The molecule has 1 aliphatic rings. The normalized spacial score (nSPS) is 21.2. The summed E-state index contributed by atoms with van der Waals surface area (Å²) in [5.41, 5.74) is 0.493. The molecule has 0 N–H and O–H groups in total. The van der Waals surface area contributed by atoms with E-state index in [4.69, 9.17) is 4.74 Å². The molecule has 0 amide bonds. The van der Waals surface area contributed by atoms with E-state index in [9.17, 15) is 4.79 Å². The maximum absolute atomic E-state index is 11.9. The topological polar surface area (TPSA) is 42.4 Å². The van der Waals surface area contributed by atoms with Crippen molar-refractivity contribution in [2.24, 2.45) is 0 Å². The van der Waals surface area contributed by atoms with E-state index in [1.807, 2.05) is 7.05 Å². The van der Waals surface area contributed by atoms with E-state index in [2.05, 4.69) is 25.8 Å². The molecule has 0 aromatic carbocycles. The molecule has 1 atom stereocenters. The van der Waals surface area contributed by atoms with Crippen LogP contribution in [0.2, 0.25) is 0 Å². The first kappa shape index (κ1) is 12.5. The average Bonchev–Trinajstić information content (AvgIpc) is 2.29. The van der Waals surface area contributed by atoms with Crippen molar-refractivity contribution in [3.8, 4) is 0 Å². The van der Waals surface area contributed by atoms with Gasteiger partial charge in [0.05, 0.1) is 5.56 Å². The third-order valence-electron chi connectivity index (χ3n) is 2.80. The minimum Gasteiger partial charge on any atom is -0.457 e. The van der Waals surface area contributed by atoms with Gasteiger partial charge in [-0.3, -0.25) is 4.98 Å². The fourth-order valence-corrected chi connectivity index (χ4v) is 2.32. The van der Waals surface area contributed by atoms with Gasteiger partial charge in [-0.2, -0.15) is 0 Å². The van der Waals surface area contributed by atoms with Crippen LogP contribution in [0.15, 0.2) is 22.9 Å². The molecule has 4 nitrogen and oxygen atoms in total. The molecule has 0 spiro atoms. The van der Waals surface area contributed by atoms with Gasteiger partial charge in [0.15, 0.2) is 0 Å². The maximum Gasteiger partial charge on any atom is 0.340 e. The lowest BCUT2D eigenvalue weighted by Crippen LogP contribution is -2.38. The molecule has 0 unspecified atom stereocenters. The number of hydrogen-bond acceptors (Lipinski definition) is 4. The quantitative estimate of drug-likeness (QED) is 0.784. The zero-order valence-corrected chi connectivity index (χ0v) is 11.3. The summed E-state index contributed by atoms with van der Waals surface area (Å²) in [5, 5.41) is 0. The first-order valence-corrected chi connectivity index (χ1v) is 6.44. The van der Waals surface area contributed by atoms with Gasteiger partial charge in [0.1, 0.15) is 6.10 Å². The highest BCUT2D eigenvalue weighted by Gasteiger charge is 2.21. The minimum atomic E-state index is -0.292. The molecule has 0 radical (unpaired) electrons. The standard InChI is InChI=1S/C12H15BrN2O2/c1-15-4-2-3-11(8-15)17-12(16)9-5-10(13)7-14-6-9/h5-7,11H,2-4,8H2,1H3/t11-/m1/s1. The molecule has 0 bridgehead atoms. The Hall–Kier alpha value is -0.940. The second-order valence-corrected chi connectivity index (χ2v) is 5.24. The Balaban J connectivity index is 1.97. The largest absolute Gasteiger partial charge is 0.457 e.